The average Bonchev–Trinajstić information content (AvgIpc) is 2.04. The first-order valence-electron chi connectivity index (χ1n) is 4.14. The van der Waals surface area contributed by atoms with Crippen LogP contribution in [-0.4, -0.2) is 38.0 Å². The predicted octanol–water partition coefficient (Wildman–Crippen LogP) is 0.383. The van der Waals surface area contributed by atoms with E-state index in [2.05, 4.69) is 5.32 Å². The van der Waals surface area contributed by atoms with E-state index in [9.17, 15) is 0 Å². The third kappa shape index (κ3) is 7.78. The van der Waals surface area contributed by atoms with Gasteiger partial charge >= 0.3 is 0 Å². The van der Waals surface area contributed by atoms with E-state index in [1.165, 1.54) is 0 Å². The van der Waals surface area contributed by atoms with Crippen LogP contribution in [0.5, 0.6) is 0 Å². The lowest BCUT2D eigenvalue weighted by Crippen LogP contribution is -2.30. The second-order valence-electron chi connectivity index (χ2n) is 2.74. The molecule has 68 valence electrons. The highest BCUT2D eigenvalue weighted by Crippen LogP contribution is 1.87. The summed E-state index contributed by atoms with van der Waals surface area (Å²) in [5.74, 6) is 0. The molecule has 0 saturated heterocycles. The van der Waals surface area contributed by atoms with E-state index in [4.69, 9.17) is 9.84 Å². The molecule has 11 heavy (non-hydrogen) atoms. The largest absolute Gasteiger partial charge is 0.395 e. The third-order valence-corrected chi connectivity index (χ3v) is 1.54. The normalized spacial score (nSPS) is 13.4. The molecule has 0 aromatic carbocycles. The van der Waals surface area contributed by atoms with Crippen LogP contribution in [0.1, 0.15) is 19.8 Å². The van der Waals surface area contributed by atoms with Crippen LogP contribution in [0.2, 0.25) is 0 Å². The number of aliphatic hydroxyl groups is 1. The van der Waals surface area contributed by atoms with Crippen molar-refractivity contribution in [3.63, 3.8) is 0 Å². The summed E-state index contributed by atoms with van der Waals surface area (Å²) in [6.45, 7) is 3.97. The van der Waals surface area contributed by atoms with E-state index >= 15 is 0 Å². The Morgan fingerprint density at radius 2 is 2.18 bits per heavy atom. The highest BCUT2D eigenvalue weighted by atomic mass is 16.5. The minimum atomic E-state index is 0.213. The summed E-state index contributed by atoms with van der Waals surface area (Å²) in [5, 5.41) is 11.8. The highest BCUT2D eigenvalue weighted by molar-refractivity contribution is 4.57. The number of hydrogen-bond donors (Lipinski definition) is 2. The molecule has 0 aliphatic heterocycles. The van der Waals surface area contributed by atoms with Gasteiger partial charge in [0.15, 0.2) is 0 Å². The van der Waals surface area contributed by atoms with E-state index in [1.807, 2.05) is 6.92 Å². The molecule has 2 N–H and O–H groups in total. The van der Waals surface area contributed by atoms with Crippen molar-refractivity contribution in [2.45, 2.75) is 25.8 Å². The first-order chi connectivity index (χ1) is 5.31. The van der Waals surface area contributed by atoms with E-state index in [1.54, 1.807) is 7.11 Å². The van der Waals surface area contributed by atoms with Crippen molar-refractivity contribution in [1.29, 1.82) is 0 Å². The van der Waals surface area contributed by atoms with Crippen molar-refractivity contribution >= 4 is 0 Å². The summed E-state index contributed by atoms with van der Waals surface area (Å²) < 4.78 is 4.90. The molecule has 0 bridgehead atoms. The summed E-state index contributed by atoms with van der Waals surface area (Å²) in [6.07, 6.45) is 2.19. The molecule has 0 spiro atoms. The highest BCUT2D eigenvalue weighted by Gasteiger charge is 1.95. The van der Waals surface area contributed by atoms with Gasteiger partial charge in [-0.1, -0.05) is 0 Å². The Labute approximate surface area is 68.8 Å². The topological polar surface area (TPSA) is 41.5 Å². The van der Waals surface area contributed by atoms with Gasteiger partial charge in [-0.25, -0.2) is 0 Å². The standard InChI is InChI=1S/C8H19NO2/c1-8(7-10)9-5-3-4-6-11-2/h8-10H,3-7H2,1-2H3. The Hall–Kier alpha value is -0.120. The van der Waals surface area contributed by atoms with E-state index in [-0.39, 0.29) is 12.6 Å². The molecule has 0 aromatic heterocycles. The van der Waals surface area contributed by atoms with Crippen LogP contribution in [0.15, 0.2) is 0 Å². The maximum Gasteiger partial charge on any atom is 0.0581 e. The zero-order valence-electron chi connectivity index (χ0n) is 7.47. The Morgan fingerprint density at radius 1 is 1.45 bits per heavy atom. The van der Waals surface area contributed by atoms with Gasteiger partial charge in [-0.15, -0.1) is 0 Å². The van der Waals surface area contributed by atoms with Crippen LogP contribution in [0, 0.1) is 0 Å². The van der Waals surface area contributed by atoms with Crippen molar-refractivity contribution in [2.75, 3.05) is 26.9 Å². The first kappa shape index (κ1) is 10.9. The molecule has 3 nitrogen and oxygen atoms in total. The van der Waals surface area contributed by atoms with E-state index < -0.39 is 0 Å². The van der Waals surface area contributed by atoms with Gasteiger partial charge in [-0.2, -0.15) is 0 Å². The molecule has 0 rings (SSSR count). The molecule has 0 aliphatic rings. The second-order valence-corrected chi connectivity index (χ2v) is 2.74. The fourth-order valence-corrected chi connectivity index (χ4v) is 0.784. The van der Waals surface area contributed by atoms with E-state index in [0.717, 1.165) is 26.0 Å². The average molecular weight is 161 g/mol. The zero-order valence-corrected chi connectivity index (χ0v) is 7.47. The van der Waals surface area contributed by atoms with Crippen LogP contribution in [0.25, 0.3) is 0 Å². The van der Waals surface area contributed by atoms with Crippen LogP contribution >= 0.6 is 0 Å². The minimum absolute atomic E-state index is 0.213. The van der Waals surface area contributed by atoms with Crippen LogP contribution < -0.4 is 5.32 Å². The Balaban J connectivity index is 2.89. The molecule has 1 unspecified atom stereocenters. The number of ether oxygens (including phenoxy) is 1. The molecular weight excluding hydrogens is 142 g/mol. The molecule has 0 saturated carbocycles. The Kier molecular flexibility index (Phi) is 7.89. The van der Waals surface area contributed by atoms with Crippen LogP contribution in [0.3, 0.4) is 0 Å². The van der Waals surface area contributed by atoms with Crippen LogP contribution in [-0.2, 0) is 4.74 Å². The summed E-state index contributed by atoms with van der Waals surface area (Å²) in [4.78, 5) is 0. The number of methoxy groups -OCH3 is 1. The second kappa shape index (κ2) is 7.98. The first-order valence-corrected chi connectivity index (χ1v) is 4.14. The minimum Gasteiger partial charge on any atom is -0.395 e. The molecule has 0 radical (unpaired) electrons. The summed E-state index contributed by atoms with van der Waals surface area (Å²) in [5.41, 5.74) is 0. The lowest BCUT2D eigenvalue weighted by molar-refractivity contribution is 0.191. The quantitative estimate of drug-likeness (QED) is 0.530. The summed E-state index contributed by atoms with van der Waals surface area (Å²) in [6, 6.07) is 0.220. The van der Waals surface area contributed by atoms with Gasteiger partial charge in [0.2, 0.25) is 0 Å². The van der Waals surface area contributed by atoms with Crippen molar-refractivity contribution in [3.05, 3.63) is 0 Å². The molecular formula is C8H19NO2. The molecule has 0 fully saturated rings. The fourth-order valence-electron chi connectivity index (χ4n) is 0.784. The van der Waals surface area contributed by atoms with Gasteiger partial charge < -0.3 is 15.2 Å². The molecule has 0 aliphatic carbocycles. The number of unbranched alkanes of at least 4 members (excludes halogenated alkanes) is 1. The fraction of sp³-hybridized carbons (Fsp3) is 1.00. The third-order valence-electron chi connectivity index (χ3n) is 1.54. The molecule has 3 heteroatoms. The molecule has 0 amide bonds. The van der Waals surface area contributed by atoms with E-state index in [0.29, 0.717) is 0 Å². The Bertz CT molecular complexity index is 78.5. The number of aliphatic hydroxyl groups excluding tert-OH is 1. The molecule has 0 aromatic rings. The van der Waals surface area contributed by atoms with Crippen LogP contribution in [0.4, 0.5) is 0 Å². The van der Waals surface area contributed by atoms with Gasteiger partial charge in [0.05, 0.1) is 6.61 Å². The molecule has 0 heterocycles. The SMILES string of the molecule is COCCCCNC(C)CO. The number of hydrogen-bond acceptors (Lipinski definition) is 3. The van der Waals surface area contributed by atoms with Crippen molar-refractivity contribution in [1.82, 2.24) is 5.32 Å². The Morgan fingerprint density at radius 3 is 2.73 bits per heavy atom. The van der Waals surface area contributed by atoms with Gasteiger partial charge in [-0.05, 0) is 26.3 Å². The number of nitrogens with one attached hydrogen (secondary N) is 1. The van der Waals surface area contributed by atoms with Gasteiger partial charge in [0.25, 0.3) is 0 Å². The van der Waals surface area contributed by atoms with Gasteiger partial charge in [0, 0.05) is 19.8 Å². The maximum absolute atomic E-state index is 8.65. The lowest BCUT2D eigenvalue weighted by atomic mass is 10.3. The smallest absolute Gasteiger partial charge is 0.0581 e. The predicted molar refractivity (Wildman–Crippen MR) is 45.7 cm³/mol. The van der Waals surface area contributed by atoms with Gasteiger partial charge in [-0.3, -0.25) is 0 Å². The van der Waals surface area contributed by atoms with Gasteiger partial charge in [0.1, 0.15) is 0 Å². The maximum atomic E-state index is 8.65. The van der Waals surface area contributed by atoms with Crippen molar-refractivity contribution < 1.29 is 9.84 Å². The summed E-state index contributed by atoms with van der Waals surface area (Å²) >= 11 is 0. The van der Waals surface area contributed by atoms with Crippen molar-refractivity contribution in [2.24, 2.45) is 0 Å². The lowest BCUT2D eigenvalue weighted by Gasteiger charge is -2.09. The zero-order chi connectivity index (χ0) is 8.53. The summed E-state index contributed by atoms with van der Waals surface area (Å²) in [7, 11) is 1.71. The number of rotatable bonds is 7. The molecule has 1 atom stereocenters. The van der Waals surface area contributed by atoms with Crippen molar-refractivity contribution in [3.8, 4) is 0 Å². The monoisotopic (exact) mass is 161 g/mol.